The van der Waals surface area contributed by atoms with Gasteiger partial charge in [0.25, 0.3) is 0 Å². The van der Waals surface area contributed by atoms with Crippen LogP contribution in [-0.2, 0) is 10.0 Å². The van der Waals surface area contributed by atoms with E-state index in [4.69, 9.17) is 16.0 Å². The van der Waals surface area contributed by atoms with Gasteiger partial charge < -0.3 is 4.42 Å². The zero-order chi connectivity index (χ0) is 11.3. The van der Waals surface area contributed by atoms with Crippen LogP contribution in [0.5, 0.6) is 0 Å². The van der Waals surface area contributed by atoms with E-state index in [2.05, 4.69) is 9.71 Å². The monoisotopic (exact) mass is 252 g/mol. The summed E-state index contributed by atoms with van der Waals surface area (Å²) in [7, 11) is -3.36. The standard InChI is InChI=1S/C8H13ClN2O3S/c1-7-6-14-8(10-7)11-15(12,13)5-3-2-4-9/h6H,2-5H2,1H3,(H,10,11). The van der Waals surface area contributed by atoms with Crippen LogP contribution in [-0.4, -0.2) is 25.0 Å². The van der Waals surface area contributed by atoms with Crippen molar-refractivity contribution in [3.05, 3.63) is 12.0 Å². The van der Waals surface area contributed by atoms with Crippen LogP contribution >= 0.6 is 11.6 Å². The minimum atomic E-state index is -3.36. The van der Waals surface area contributed by atoms with Gasteiger partial charge in [0.1, 0.15) is 6.26 Å². The molecule has 0 spiro atoms. The summed E-state index contributed by atoms with van der Waals surface area (Å²) in [5, 5.41) is 0. The highest BCUT2D eigenvalue weighted by atomic mass is 35.5. The number of aryl methyl sites for hydroxylation is 1. The second kappa shape index (κ2) is 5.37. The molecular formula is C8H13ClN2O3S. The van der Waals surface area contributed by atoms with Crippen molar-refractivity contribution in [2.45, 2.75) is 19.8 Å². The molecule has 1 aromatic rings. The molecule has 0 saturated heterocycles. The molecule has 0 bridgehead atoms. The first kappa shape index (κ1) is 12.3. The van der Waals surface area contributed by atoms with Gasteiger partial charge in [0.2, 0.25) is 10.0 Å². The third kappa shape index (κ3) is 4.53. The summed E-state index contributed by atoms with van der Waals surface area (Å²) in [6, 6.07) is 0.0124. The van der Waals surface area contributed by atoms with E-state index in [1.165, 1.54) is 6.26 Å². The Hall–Kier alpha value is -0.750. The summed E-state index contributed by atoms with van der Waals surface area (Å²) in [6.45, 7) is 1.72. The fourth-order valence-electron chi connectivity index (χ4n) is 0.971. The van der Waals surface area contributed by atoms with Gasteiger partial charge in [0.05, 0.1) is 11.4 Å². The Morgan fingerprint density at radius 1 is 1.53 bits per heavy atom. The van der Waals surface area contributed by atoms with Crippen LogP contribution in [0.25, 0.3) is 0 Å². The molecule has 1 N–H and O–H groups in total. The number of nitrogens with zero attached hydrogens (tertiary/aromatic N) is 1. The highest BCUT2D eigenvalue weighted by Gasteiger charge is 2.12. The Morgan fingerprint density at radius 2 is 2.27 bits per heavy atom. The van der Waals surface area contributed by atoms with E-state index in [-0.39, 0.29) is 11.8 Å². The van der Waals surface area contributed by atoms with Crippen LogP contribution in [0, 0.1) is 6.92 Å². The van der Waals surface area contributed by atoms with Crippen LogP contribution in [0.15, 0.2) is 10.7 Å². The van der Waals surface area contributed by atoms with Gasteiger partial charge in [-0.1, -0.05) is 0 Å². The summed E-state index contributed by atoms with van der Waals surface area (Å²) in [5.74, 6) is 0.495. The number of unbranched alkanes of at least 4 members (excludes halogenated alkanes) is 1. The zero-order valence-corrected chi connectivity index (χ0v) is 9.94. The van der Waals surface area contributed by atoms with Crippen molar-refractivity contribution >= 4 is 27.6 Å². The maximum absolute atomic E-state index is 11.4. The molecule has 0 unspecified atom stereocenters. The largest absolute Gasteiger partial charge is 0.431 e. The number of nitrogens with one attached hydrogen (secondary N) is 1. The molecular weight excluding hydrogens is 240 g/mol. The normalized spacial score (nSPS) is 11.6. The molecule has 5 nitrogen and oxygen atoms in total. The Morgan fingerprint density at radius 3 is 2.80 bits per heavy atom. The van der Waals surface area contributed by atoms with Crippen molar-refractivity contribution in [1.29, 1.82) is 0 Å². The maximum Gasteiger partial charge on any atom is 0.308 e. The minimum absolute atomic E-state index is 0.0124. The predicted octanol–water partition coefficient (Wildman–Crippen LogP) is 1.74. The van der Waals surface area contributed by atoms with E-state index in [9.17, 15) is 8.42 Å². The lowest BCUT2D eigenvalue weighted by atomic mass is 10.4. The molecule has 1 heterocycles. The van der Waals surface area contributed by atoms with E-state index in [1.54, 1.807) is 6.92 Å². The quantitative estimate of drug-likeness (QED) is 0.618. The average molecular weight is 253 g/mol. The van der Waals surface area contributed by atoms with Gasteiger partial charge in [-0.15, -0.1) is 11.6 Å². The summed E-state index contributed by atoms with van der Waals surface area (Å²) in [4.78, 5) is 3.84. The van der Waals surface area contributed by atoms with Gasteiger partial charge in [0, 0.05) is 5.88 Å². The molecule has 0 amide bonds. The molecule has 0 aliphatic heterocycles. The Kier molecular flexibility index (Phi) is 4.41. The molecule has 0 saturated carbocycles. The van der Waals surface area contributed by atoms with Crippen molar-refractivity contribution < 1.29 is 12.8 Å². The minimum Gasteiger partial charge on any atom is -0.431 e. The third-order valence-corrected chi connectivity index (χ3v) is 3.24. The van der Waals surface area contributed by atoms with Crippen molar-refractivity contribution in [1.82, 2.24) is 4.98 Å². The van der Waals surface area contributed by atoms with Gasteiger partial charge in [-0.3, -0.25) is 0 Å². The molecule has 0 atom stereocenters. The number of oxazole rings is 1. The first-order valence-corrected chi connectivity index (χ1v) is 6.71. The second-order valence-corrected chi connectivity index (χ2v) is 5.33. The molecule has 0 aliphatic carbocycles. The predicted molar refractivity (Wildman–Crippen MR) is 58.6 cm³/mol. The molecule has 7 heteroatoms. The smallest absolute Gasteiger partial charge is 0.308 e. The zero-order valence-electron chi connectivity index (χ0n) is 8.36. The third-order valence-electron chi connectivity index (χ3n) is 1.66. The van der Waals surface area contributed by atoms with Gasteiger partial charge >= 0.3 is 6.01 Å². The summed E-state index contributed by atoms with van der Waals surface area (Å²) in [5.41, 5.74) is 0.633. The molecule has 0 fully saturated rings. The number of anilines is 1. The number of hydrogen-bond acceptors (Lipinski definition) is 4. The van der Waals surface area contributed by atoms with Crippen LogP contribution in [0.2, 0.25) is 0 Å². The highest BCUT2D eigenvalue weighted by molar-refractivity contribution is 7.92. The van der Waals surface area contributed by atoms with E-state index < -0.39 is 10.0 Å². The van der Waals surface area contributed by atoms with Crippen molar-refractivity contribution in [2.75, 3.05) is 16.4 Å². The number of rotatable bonds is 6. The Labute approximate surface area is 93.9 Å². The van der Waals surface area contributed by atoms with E-state index >= 15 is 0 Å². The van der Waals surface area contributed by atoms with Gasteiger partial charge in [-0.2, -0.15) is 4.98 Å². The lowest BCUT2D eigenvalue weighted by molar-refractivity contribution is 0.568. The Bertz CT molecular complexity index is 402. The molecule has 0 radical (unpaired) electrons. The van der Waals surface area contributed by atoms with Crippen molar-refractivity contribution in [3.63, 3.8) is 0 Å². The van der Waals surface area contributed by atoms with Crippen LogP contribution in [0.1, 0.15) is 18.5 Å². The van der Waals surface area contributed by atoms with Crippen molar-refractivity contribution in [3.8, 4) is 0 Å². The topological polar surface area (TPSA) is 72.2 Å². The van der Waals surface area contributed by atoms with E-state index in [1.807, 2.05) is 0 Å². The molecule has 0 aliphatic rings. The first-order valence-electron chi connectivity index (χ1n) is 4.52. The fraction of sp³-hybridized carbons (Fsp3) is 0.625. The second-order valence-electron chi connectivity index (χ2n) is 3.11. The molecule has 86 valence electrons. The SMILES string of the molecule is Cc1coc(NS(=O)(=O)CCCCCl)n1. The summed E-state index contributed by atoms with van der Waals surface area (Å²) >= 11 is 5.45. The fourth-order valence-corrected chi connectivity index (χ4v) is 2.21. The van der Waals surface area contributed by atoms with E-state index in [0.29, 0.717) is 24.4 Å². The first-order chi connectivity index (χ1) is 7.03. The van der Waals surface area contributed by atoms with Gasteiger partial charge in [-0.05, 0) is 19.8 Å². The van der Waals surface area contributed by atoms with Crippen LogP contribution < -0.4 is 4.72 Å². The summed E-state index contributed by atoms with van der Waals surface area (Å²) in [6.07, 6.45) is 2.59. The average Bonchev–Trinajstić information content (AvgIpc) is 2.50. The van der Waals surface area contributed by atoms with Crippen LogP contribution in [0.3, 0.4) is 0 Å². The number of aromatic nitrogens is 1. The summed E-state index contributed by atoms with van der Waals surface area (Å²) < 4.78 is 30.0. The molecule has 15 heavy (non-hydrogen) atoms. The number of halogens is 1. The van der Waals surface area contributed by atoms with Crippen molar-refractivity contribution in [2.24, 2.45) is 0 Å². The number of alkyl halides is 1. The lowest BCUT2D eigenvalue weighted by Crippen LogP contribution is -2.17. The highest BCUT2D eigenvalue weighted by Crippen LogP contribution is 2.09. The van der Waals surface area contributed by atoms with Crippen LogP contribution in [0.4, 0.5) is 6.01 Å². The molecule has 0 aromatic carbocycles. The molecule has 1 aromatic heterocycles. The van der Waals surface area contributed by atoms with Gasteiger partial charge in [0.15, 0.2) is 0 Å². The number of hydrogen-bond donors (Lipinski definition) is 1. The maximum atomic E-state index is 11.4. The van der Waals surface area contributed by atoms with E-state index in [0.717, 1.165) is 0 Å². The lowest BCUT2D eigenvalue weighted by Gasteiger charge is -2.02. The van der Waals surface area contributed by atoms with Gasteiger partial charge in [-0.25, -0.2) is 13.1 Å². The molecule has 1 rings (SSSR count). The number of sulfonamides is 1. The Balaban J connectivity index is 2.49.